The molecule has 0 spiro atoms. The summed E-state index contributed by atoms with van der Waals surface area (Å²) in [4.78, 5) is 2.48. The molecule has 382 valence electrons. The minimum Gasteiger partial charge on any atom is -0.455 e. The van der Waals surface area contributed by atoms with Crippen LogP contribution in [0.5, 0.6) is 0 Å². The molecule has 3 aliphatic carbocycles. The fourth-order valence-corrected chi connectivity index (χ4v) is 15.3. The van der Waals surface area contributed by atoms with Gasteiger partial charge in [-0.25, -0.2) is 0 Å². The third-order valence-electron chi connectivity index (χ3n) is 19.0. The lowest BCUT2D eigenvalue weighted by Crippen LogP contribution is -2.30. The molecule has 0 fully saturated rings. The molecule has 0 N–H and O–H groups in total. The molecule has 0 bridgehead atoms. The lowest BCUT2D eigenvalue weighted by atomic mass is 9.65. The summed E-state index contributed by atoms with van der Waals surface area (Å²) in [6, 6.07) is 98.5. The minimum atomic E-state index is -0.611. The topological polar surface area (TPSA) is 29.5 Å². The van der Waals surface area contributed by atoms with E-state index >= 15 is 0 Å². The molecule has 17 rings (SSSR count). The van der Waals surface area contributed by atoms with Crippen LogP contribution < -0.4 is 4.90 Å². The van der Waals surface area contributed by atoms with E-state index in [1.54, 1.807) is 0 Å². The summed E-state index contributed by atoms with van der Waals surface area (Å²) < 4.78 is 14.2. The van der Waals surface area contributed by atoms with Crippen molar-refractivity contribution in [2.75, 3.05) is 4.90 Å². The molecule has 0 saturated carbocycles. The van der Waals surface area contributed by atoms with Gasteiger partial charge in [-0.15, -0.1) is 0 Å². The number of nitrogens with zero attached hydrogens (tertiary/aromatic N) is 1. The zero-order chi connectivity index (χ0) is 53.8. The standard InChI is InChI=1S/C78H53NO2/c1-76(49-27-11-5-12-28-49)62-45-53(41-43-56(62)67-64(76)47-60(48-25-9-4-10-26-48)74-69(67)58-36-20-23-39-65(58)80-74)79(52-33-17-8-18-34-52)54-42-44-57-63(46-54)78(3,51-31-15-7-16-32-51)72-68(57)70-59-37-21-24-40-66(59)81-75(70)71-55-35-19-22-38-61(55)77(2,73(71)72)50-29-13-6-14-30-50/h4-47H,1-3H3. The molecule has 12 aromatic carbocycles. The Kier molecular flexibility index (Phi) is 9.53. The number of fused-ring (bicyclic) bond motifs is 19. The molecule has 3 unspecified atom stereocenters. The van der Waals surface area contributed by atoms with Gasteiger partial charge in [-0.2, -0.15) is 0 Å². The van der Waals surface area contributed by atoms with Crippen LogP contribution in [-0.4, -0.2) is 0 Å². The minimum absolute atomic E-state index is 0.509. The molecular weight excluding hydrogens is 983 g/mol. The summed E-state index contributed by atoms with van der Waals surface area (Å²) in [6.07, 6.45) is 0. The second kappa shape index (κ2) is 16.8. The zero-order valence-electron chi connectivity index (χ0n) is 45.2. The second-order valence-electron chi connectivity index (χ2n) is 23.0. The second-order valence-corrected chi connectivity index (χ2v) is 23.0. The first kappa shape index (κ1) is 46.0. The summed E-state index contributed by atoms with van der Waals surface area (Å²) in [6.45, 7) is 7.38. The van der Waals surface area contributed by atoms with Crippen LogP contribution in [0.2, 0.25) is 0 Å². The monoisotopic (exact) mass is 1040 g/mol. The quantitative estimate of drug-likeness (QED) is 0.159. The predicted molar refractivity (Wildman–Crippen MR) is 333 cm³/mol. The van der Waals surface area contributed by atoms with Crippen LogP contribution in [0.1, 0.15) is 70.8 Å². The largest absolute Gasteiger partial charge is 0.455 e. The maximum atomic E-state index is 7.24. The number of benzene rings is 12. The van der Waals surface area contributed by atoms with Crippen molar-refractivity contribution in [3.05, 3.63) is 317 Å². The van der Waals surface area contributed by atoms with Gasteiger partial charge in [-0.3, -0.25) is 0 Å². The number of furan rings is 2. The van der Waals surface area contributed by atoms with Gasteiger partial charge in [-0.05, 0) is 159 Å². The van der Waals surface area contributed by atoms with E-state index in [1.165, 1.54) is 88.8 Å². The Morgan fingerprint density at radius 1 is 0.296 bits per heavy atom. The van der Waals surface area contributed by atoms with E-state index in [0.29, 0.717) is 0 Å². The maximum Gasteiger partial charge on any atom is 0.144 e. The predicted octanol–water partition coefficient (Wildman–Crippen LogP) is 20.6. The van der Waals surface area contributed by atoms with E-state index in [-0.39, 0.29) is 0 Å². The highest BCUT2D eigenvalue weighted by atomic mass is 16.3. The van der Waals surface area contributed by atoms with Crippen LogP contribution >= 0.6 is 0 Å². The fourth-order valence-electron chi connectivity index (χ4n) is 15.3. The van der Waals surface area contributed by atoms with Crippen LogP contribution in [-0.2, 0) is 16.2 Å². The number of hydrogen-bond donors (Lipinski definition) is 0. The lowest BCUT2D eigenvalue weighted by Gasteiger charge is -2.36. The molecule has 0 amide bonds. The normalized spacial score (nSPS) is 18.2. The van der Waals surface area contributed by atoms with E-state index in [0.717, 1.165) is 66.7 Å². The molecule has 14 aromatic rings. The first-order valence-electron chi connectivity index (χ1n) is 28.3. The van der Waals surface area contributed by atoms with Gasteiger partial charge in [0.15, 0.2) is 0 Å². The van der Waals surface area contributed by atoms with Gasteiger partial charge >= 0.3 is 0 Å². The molecule has 0 saturated heterocycles. The van der Waals surface area contributed by atoms with Crippen molar-refractivity contribution in [2.24, 2.45) is 0 Å². The molecular formula is C78H53NO2. The highest BCUT2D eigenvalue weighted by Crippen LogP contribution is 2.67. The van der Waals surface area contributed by atoms with Crippen LogP contribution in [0.15, 0.2) is 276 Å². The molecule has 3 nitrogen and oxygen atoms in total. The molecule has 3 aliphatic rings. The van der Waals surface area contributed by atoms with E-state index < -0.39 is 16.2 Å². The van der Waals surface area contributed by atoms with Crippen LogP contribution in [0.3, 0.4) is 0 Å². The van der Waals surface area contributed by atoms with E-state index in [2.05, 4.69) is 293 Å². The third-order valence-corrected chi connectivity index (χ3v) is 19.0. The zero-order valence-corrected chi connectivity index (χ0v) is 45.2. The summed E-state index contributed by atoms with van der Waals surface area (Å²) in [5.74, 6) is 0. The molecule has 81 heavy (non-hydrogen) atoms. The molecule has 3 atom stereocenters. The average molecular weight is 1040 g/mol. The Bertz CT molecular complexity index is 4900. The first-order chi connectivity index (χ1) is 39.8. The number of para-hydroxylation sites is 3. The third kappa shape index (κ3) is 6.07. The van der Waals surface area contributed by atoms with Crippen molar-refractivity contribution in [1.82, 2.24) is 0 Å². The van der Waals surface area contributed by atoms with Gasteiger partial charge in [-0.1, -0.05) is 212 Å². The summed E-state index contributed by atoms with van der Waals surface area (Å²) in [7, 11) is 0. The summed E-state index contributed by atoms with van der Waals surface area (Å²) >= 11 is 0. The summed E-state index contributed by atoms with van der Waals surface area (Å²) in [5, 5.41) is 4.59. The van der Waals surface area contributed by atoms with E-state index in [4.69, 9.17) is 8.83 Å². The Labute approximate surface area is 470 Å². The smallest absolute Gasteiger partial charge is 0.144 e. The number of anilines is 3. The van der Waals surface area contributed by atoms with Crippen molar-refractivity contribution in [3.63, 3.8) is 0 Å². The van der Waals surface area contributed by atoms with Gasteiger partial charge in [0.2, 0.25) is 0 Å². The van der Waals surface area contributed by atoms with E-state index in [1.807, 2.05) is 0 Å². The molecule has 0 radical (unpaired) electrons. The molecule has 3 heteroatoms. The van der Waals surface area contributed by atoms with Gasteiger partial charge < -0.3 is 13.7 Å². The highest BCUT2D eigenvalue weighted by molar-refractivity contribution is 6.22. The first-order valence-corrected chi connectivity index (χ1v) is 28.3. The van der Waals surface area contributed by atoms with Crippen LogP contribution in [0.25, 0.3) is 88.4 Å². The molecule has 0 aliphatic heterocycles. The van der Waals surface area contributed by atoms with Crippen LogP contribution in [0.4, 0.5) is 17.1 Å². The maximum absolute atomic E-state index is 7.24. The van der Waals surface area contributed by atoms with E-state index in [9.17, 15) is 0 Å². The number of rotatable bonds is 7. The van der Waals surface area contributed by atoms with Gasteiger partial charge in [0.05, 0.1) is 0 Å². The Morgan fingerprint density at radius 3 is 1.33 bits per heavy atom. The van der Waals surface area contributed by atoms with Gasteiger partial charge in [0.1, 0.15) is 22.3 Å². The van der Waals surface area contributed by atoms with Gasteiger partial charge in [0, 0.05) is 66.0 Å². The fraction of sp³-hybridized carbons (Fsp3) is 0.0769. The lowest BCUT2D eigenvalue weighted by molar-refractivity contribution is 0.647. The Hall–Kier alpha value is -9.96. The van der Waals surface area contributed by atoms with Crippen molar-refractivity contribution in [1.29, 1.82) is 0 Å². The Morgan fingerprint density at radius 2 is 0.728 bits per heavy atom. The van der Waals surface area contributed by atoms with Crippen LogP contribution in [0, 0.1) is 0 Å². The van der Waals surface area contributed by atoms with Crippen molar-refractivity contribution < 1.29 is 8.83 Å². The Balaban J connectivity index is 0.941. The van der Waals surface area contributed by atoms with Gasteiger partial charge in [0.25, 0.3) is 0 Å². The number of hydrogen-bond acceptors (Lipinski definition) is 3. The SMILES string of the molecule is CC1(c2ccccc2)c2cc(N(c3ccccc3)c3ccc4c(c3)C(C)(c3ccccc3)c3c5c(c6oc7ccccc7c6c3-4)-c3ccccc3C5(C)c3ccccc3)ccc2-c2c1cc(-c1ccccc1)c1oc3ccccc3c21. The highest BCUT2D eigenvalue weighted by Gasteiger charge is 2.53. The van der Waals surface area contributed by atoms with Crippen molar-refractivity contribution in [2.45, 2.75) is 37.0 Å². The summed E-state index contributed by atoms with van der Waals surface area (Å²) in [5.41, 5.74) is 26.3. The average Bonchev–Trinajstić information content (AvgIpc) is 3.33. The molecule has 2 heterocycles. The molecule has 2 aromatic heterocycles. The van der Waals surface area contributed by atoms with Crippen molar-refractivity contribution >= 4 is 60.9 Å². The van der Waals surface area contributed by atoms with Crippen molar-refractivity contribution in [3.8, 4) is 44.5 Å².